The molecule has 24 heavy (non-hydrogen) atoms. The van der Waals surface area contributed by atoms with Crippen LogP contribution in [0.3, 0.4) is 0 Å². The van der Waals surface area contributed by atoms with Gasteiger partial charge in [0.05, 0.1) is 19.0 Å². The van der Waals surface area contributed by atoms with Gasteiger partial charge >= 0.3 is 0 Å². The van der Waals surface area contributed by atoms with Crippen molar-refractivity contribution in [2.24, 2.45) is 5.16 Å². The average Bonchev–Trinajstić information content (AvgIpc) is 2.56. The van der Waals surface area contributed by atoms with Crippen molar-refractivity contribution in [1.82, 2.24) is 0 Å². The second kappa shape index (κ2) is 8.36. The molecule has 0 aliphatic rings. The summed E-state index contributed by atoms with van der Waals surface area (Å²) in [5.41, 5.74) is 2.54. The summed E-state index contributed by atoms with van der Waals surface area (Å²) >= 11 is 5.94. The molecule has 1 N–H and O–H groups in total. The van der Waals surface area contributed by atoms with Crippen LogP contribution in [0.4, 0.5) is 5.69 Å². The van der Waals surface area contributed by atoms with Crippen molar-refractivity contribution in [3.63, 3.8) is 0 Å². The Morgan fingerprint density at radius 3 is 2.62 bits per heavy atom. The maximum absolute atomic E-state index is 12.2. The Morgan fingerprint density at radius 1 is 1.25 bits per heavy atom. The number of benzene rings is 2. The number of carbonyl (C=O) groups is 1. The Kier molecular flexibility index (Phi) is 6.21. The van der Waals surface area contributed by atoms with Crippen LogP contribution in [0.2, 0.25) is 5.02 Å². The summed E-state index contributed by atoms with van der Waals surface area (Å²) in [5, 5.41) is 7.06. The van der Waals surface area contributed by atoms with E-state index >= 15 is 0 Å². The maximum Gasteiger partial charge on any atom is 0.268 e. The van der Waals surface area contributed by atoms with Crippen molar-refractivity contribution >= 4 is 29.4 Å². The highest BCUT2D eigenvalue weighted by atomic mass is 35.5. The van der Waals surface area contributed by atoms with Crippen LogP contribution < -0.4 is 10.1 Å². The van der Waals surface area contributed by atoms with Gasteiger partial charge in [0.2, 0.25) is 6.10 Å². The second-order valence-electron chi connectivity index (χ2n) is 5.23. The minimum absolute atomic E-state index is 0.350. The lowest BCUT2D eigenvalue weighted by atomic mass is 10.2. The van der Waals surface area contributed by atoms with Gasteiger partial charge in [0.15, 0.2) is 0 Å². The van der Waals surface area contributed by atoms with E-state index in [4.69, 9.17) is 21.2 Å². The van der Waals surface area contributed by atoms with Gasteiger partial charge in [-0.05, 0) is 37.6 Å². The van der Waals surface area contributed by atoms with Gasteiger partial charge in [-0.2, -0.15) is 0 Å². The number of rotatable bonds is 6. The molecule has 2 aromatic rings. The molecule has 1 amide bonds. The maximum atomic E-state index is 12.2. The zero-order valence-corrected chi connectivity index (χ0v) is 14.5. The summed E-state index contributed by atoms with van der Waals surface area (Å²) in [4.78, 5) is 17.4. The van der Waals surface area contributed by atoms with Crippen LogP contribution in [0.15, 0.2) is 47.6 Å². The number of aryl methyl sites for hydroxylation is 1. The summed E-state index contributed by atoms with van der Waals surface area (Å²) in [7, 11) is 1.52. The molecule has 0 radical (unpaired) electrons. The molecule has 1 atom stereocenters. The molecule has 0 bridgehead atoms. The fraction of sp³-hybridized carbons (Fsp3) is 0.222. The molecule has 2 rings (SSSR count). The third kappa shape index (κ3) is 4.99. The fourth-order valence-corrected chi connectivity index (χ4v) is 2.07. The molecule has 0 saturated heterocycles. The minimum Gasteiger partial charge on any atom is -0.495 e. The van der Waals surface area contributed by atoms with Gasteiger partial charge in [-0.3, -0.25) is 4.79 Å². The third-order valence-corrected chi connectivity index (χ3v) is 3.52. The van der Waals surface area contributed by atoms with Crippen LogP contribution in [-0.2, 0) is 9.63 Å². The van der Waals surface area contributed by atoms with Crippen molar-refractivity contribution in [3.8, 4) is 5.75 Å². The van der Waals surface area contributed by atoms with E-state index < -0.39 is 6.10 Å². The van der Waals surface area contributed by atoms with E-state index in [-0.39, 0.29) is 5.91 Å². The summed E-state index contributed by atoms with van der Waals surface area (Å²) in [6, 6.07) is 12.8. The largest absolute Gasteiger partial charge is 0.495 e. The summed E-state index contributed by atoms with van der Waals surface area (Å²) in [6.45, 7) is 3.62. The quantitative estimate of drug-likeness (QED) is 0.634. The predicted molar refractivity (Wildman–Crippen MR) is 96.0 cm³/mol. The Bertz CT molecular complexity index is 730. The molecule has 0 unspecified atom stereocenters. The summed E-state index contributed by atoms with van der Waals surface area (Å²) in [6.07, 6.45) is 0.791. The van der Waals surface area contributed by atoms with E-state index in [9.17, 15) is 4.79 Å². The Hall–Kier alpha value is -2.53. The van der Waals surface area contributed by atoms with Crippen molar-refractivity contribution < 1.29 is 14.4 Å². The molecule has 2 aromatic carbocycles. The SMILES string of the molecule is COc1ccc(Cl)cc1NC(=O)[C@H](C)O/N=C\c1ccc(C)cc1. The van der Waals surface area contributed by atoms with Gasteiger partial charge in [0, 0.05) is 5.02 Å². The lowest BCUT2D eigenvalue weighted by Crippen LogP contribution is -2.26. The number of hydrogen-bond donors (Lipinski definition) is 1. The number of methoxy groups -OCH3 is 1. The Balaban J connectivity index is 1.95. The van der Waals surface area contributed by atoms with Gasteiger partial charge in [-0.15, -0.1) is 0 Å². The fourth-order valence-electron chi connectivity index (χ4n) is 1.90. The van der Waals surface area contributed by atoms with Gasteiger partial charge in [0.25, 0.3) is 5.91 Å². The molecule has 5 nitrogen and oxygen atoms in total. The number of nitrogens with zero attached hydrogens (tertiary/aromatic N) is 1. The zero-order valence-electron chi connectivity index (χ0n) is 13.7. The Morgan fingerprint density at radius 2 is 1.96 bits per heavy atom. The van der Waals surface area contributed by atoms with E-state index in [1.165, 1.54) is 7.11 Å². The molecule has 0 aliphatic carbocycles. The van der Waals surface area contributed by atoms with E-state index in [1.807, 2.05) is 31.2 Å². The molecule has 0 fully saturated rings. The monoisotopic (exact) mass is 346 g/mol. The van der Waals surface area contributed by atoms with Crippen LogP contribution in [-0.4, -0.2) is 25.3 Å². The number of amides is 1. The highest BCUT2D eigenvalue weighted by Crippen LogP contribution is 2.27. The van der Waals surface area contributed by atoms with E-state index in [0.29, 0.717) is 16.5 Å². The van der Waals surface area contributed by atoms with Crippen molar-refractivity contribution in [3.05, 3.63) is 58.6 Å². The van der Waals surface area contributed by atoms with Crippen molar-refractivity contribution in [1.29, 1.82) is 0 Å². The van der Waals surface area contributed by atoms with E-state index in [2.05, 4.69) is 10.5 Å². The topological polar surface area (TPSA) is 59.9 Å². The third-order valence-electron chi connectivity index (χ3n) is 3.29. The average molecular weight is 347 g/mol. The minimum atomic E-state index is -0.768. The highest BCUT2D eigenvalue weighted by Gasteiger charge is 2.16. The predicted octanol–water partition coefficient (Wildman–Crippen LogP) is 4.03. The normalized spacial score (nSPS) is 12.0. The van der Waals surface area contributed by atoms with E-state index in [1.54, 1.807) is 31.3 Å². The van der Waals surface area contributed by atoms with Crippen LogP contribution in [0, 0.1) is 6.92 Å². The molecular formula is C18H19ClN2O3. The lowest BCUT2D eigenvalue weighted by molar-refractivity contribution is -0.126. The number of carbonyl (C=O) groups excluding carboxylic acids is 1. The standard InChI is InChI=1S/C18H19ClN2O3/c1-12-4-6-14(7-5-12)11-20-24-13(2)18(22)21-16-10-15(19)8-9-17(16)23-3/h4-11,13H,1-3H3,(H,21,22)/b20-11-/t13-/m0/s1. The number of hydrogen-bond acceptors (Lipinski definition) is 4. The van der Waals surface area contributed by atoms with Crippen molar-refractivity contribution in [2.45, 2.75) is 20.0 Å². The number of oxime groups is 1. The lowest BCUT2D eigenvalue weighted by Gasteiger charge is -2.13. The molecule has 0 heterocycles. The molecule has 126 valence electrons. The molecule has 6 heteroatoms. The first kappa shape index (κ1) is 17.8. The van der Waals surface area contributed by atoms with Gasteiger partial charge in [0.1, 0.15) is 5.75 Å². The molecule has 0 saturated carbocycles. The number of ether oxygens (including phenoxy) is 1. The summed E-state index contributed by atoms with van der Waals surface area (Å²) in [5.74, 6) is 0.166. The molecular weight excluding hydrogens is 328 g/mol. The first-order valence-corrected chi connectivity index (χ1v) is 7.77. The highest BCUT2D eigenvalue weighted by molar-refractivity contribution is 6.31. The zero-order chi connectivity index (χ0) is 17.5. The Labute approximate surface area is 146 Å². The second-order valence-corrected chi connectivity index (χ2v) is 5.66. The van der Waals surface area contributed by atoms with Crippen LogP contribution >= 0.6 is 11.6 Å². The van der Waals surface area contributed by atoms with Crippen LogP contribution in [0.25, 0.3) is 0 Å². The number of halogens is 1. The van der Waals surface area contributed by atoms with E-state index in [0.717, 1.165) is 11.1 Å². The van der Waals surface area contributed by atoms with Gasteiger partial charge in [-0.1, -0.05) is 46.6 Å². The molecule has 0 aliphatic heterocycles. The first-order chi connectivity index (χ1) is 11.5. The number of nitrogens with one attached hydrogen (secondary N) is 1. The van der Waals surface area contributed by atoms with Crippen molar-refractivity contribution in [2.75, 3.05) is 12.4 Å². The van der Waals surface area contributed by atoms with Gasteiger partial charge < -0.3 is 14.9 Å². The summed E-state index contributed by atoms with van der Waals surface area (Å²) < 4.78 is 5.19. The first-order valence-electron chi connectivity index (χ1n) is 7.40. The van der Waals surface area contributed by atoms with Gasteiger partial charge in [-0.25, -0.2) is 0 Å². The molecule has 0 aromatic heterocycles. The van der Waals surface area contributed by atoms with Crippen LogP contribution in [0.1, 0.15) is 18.1 Å². The van der Waals surface area contributed by atoms with Crippen LogP contribution in [0.5, 0.6) is 5.75 Å². The smallest absolute Gasteiger partial charge is 0.268 e. The number of anilines is 1. The molecule has 0 spiro atoms.